The highest BCUT2D eigenvalue weighted by atomic mass is 32.2. The quantitative estimate of drug-likeness (QED) is 0.107. The van der Waals surface area contributed by atoms with E-state index in [1.165, 1.54) is 23.9 Å². The molecule has 1 amide bonds. The first-order valence-corrected chi connectivity index (χ1v) is 12.7. The van der Waals surface area contributed by atoms with Crippen LogP contribution in [0.25, 0.3) is 16.8 Å². The van der Waals surface area contributed by atoms with E-state index in [1.54, 1.807) is 23.1 Å². The third-order valence-corrected chi connectivity index (χ3v) is 6.92. The lowest BCUT2D eigenvalue weighted by Gasteiger charge is -2.13. The molecule has 0 radical (unpaired) electrons. The van der Waals surface area contributed by atoms with Gasteiger partial charge >= 0.3 is 0 Å². The number of nitrogens with zero attached hydrogens (tertiary/aromatic N) is 3. The van der Waals surface area contributed by atoms with E-state index in [1.807, 2.05) is 72.8 Å². The summed E-state index contributed by atoms with van der Waals surface area (Å²) in [5.74, 6) is 0.185. The molecule has 38 heavy (non-hydrogen) atoms. The van der Waals surface area contributed by atoms with Crippen LogP contribution >= 0.6 is 11.8 Å². The maximum Gasteiger partial charge on any atom is 0.270 e. The first-order chi connectivity index (χ1) is 18.5. The Hall–Kier alpha value is -4.69. The van der Waals surface area contributed by atoms with E-state index in [4.69, 9.17) is 9.73 Å². The molecular weight excluding hydrogens is 498 g/mol. The van der Waals surface area contributed by atoms with Crippen molar-refractivity contribution in [3.63, 3.8) is 0 Å². The van der Waals surface area contributed by atoms with E-state index in [0.717, 1.165) is 22.0 Å². The van der Waals surface area contributed by atoms with Gasteiger partial charge in [0.05, 0.1) is 15.5 Å². The number of carbonyl (C=O) groups is 1. The van der Waals surface area contributed by atoms with Gasteiger partial charge in [0.2, 0.25) is 0 Å². The van der Waals surface area contributed by atoms with Crippen LogP contribution in [0.2, 0.25) is 0 Å². The summed E-state index contributed by atoms with van der Waals surface area (Å²) in [5, 5.41) is 14.0. The number of carbonyl (C=O) groups excluding carboxylic acids is 1. The van der Waals surface area contributed by atoms with Crippen molar-refractivity contribution >= 4 is 51.1 Å². The Morgan fingerprint density at radius 1 is 1.00 bits per heavy atom. The summed E-state index contributed by atoms with van der Waals surface area (Å²) in [6.07, 6.45) is 3.27. The molecule has 0 saturated carbocycles. The normalized spacial score (nSPS) is 15.4. The van der Waals surface area contributed by atoms with Gasteiger partial charge in [0.1, 0.15) is 12.4 Å². The second-order valence-electron chi connectivity index (χ2n) is 8.46. The number of rotatable bonds is 8. The van der Waals surface area contributed by atoms with Crippen LogP contribution in [0, 0.1) is 10.1 Å². The Bertz CT molecular complexity index is 1590. The molecule has 0 spiro atoms. The van der Waals surface area contributed by atoms with E-state index in [0.29, 0.717) is 21.4 Å². The van der Waals surface area contributed by atoms with Gasteiger partial charge in [-0.05, 0) is 40.9 Å². The van der Waals surface area contributed by atoms with Crippen molar-refractivity contribution < 1.29 is 14.5 Å². The number of thioether (sulfide) groups is 1. The molecule has 1 heterocycles. The maximum absolute atomic E-state index is 13.4. The number of non-ortho nitro benzene ring substituents is 1. The second kappa shape index (κ2) is 11.1. The van der Waals surface area contributed by atoms with Gasteiger partial charge < -0.3 is 4.74 Å². The molecule has 0 bridgehead atoms. The van der Waals surface area contributed by atoms with Gasteiger partial charge in [-0.1, -0.05) is 72.8 Å². The Kier molecular flexibility index (Phi) is 7.33. The van der Waals surface area contributed by atoms with Crippen LogP contribution in [0.1, 0.15) is 11.1 Å². The molecule has 4 aromatic carbocycles. The molecule has 8 heteroatoms. The number of amidine groups is 1. The van der Waals surface area contributed by atoms with Crippen LogP contribution in [0.15, 0.2) is 114 Å². The SMILES string of the molecule is C=CCN1C(=O)/C(=C/c2cc([N+](=O)[O-])ccc2OCc2ccccc2)SC1=Nc1cccc2ccccc12. The molecule has 7 nitrogen and oxygen atoms in total. The van der Waals surface area contributed by atoms with E-state index in [-0.39, 0.29) is 24.7 Å². The monoisotopic (exact) mass is 521 g/mol. The Morgan fingerprint density at radius 2 is 1.76 bits per heavy atom. The van der Waals surface area contributed by atoms with Crippen molar-refractivity contribution in [3.05, 3.63) is 130 Å². The molecule has 0 aromatic heterocycles. The summed E-state index contributed by atoms with van der Waals surface area (Å²) < 4.78 is 6.00. The molecule has 1 aliphatic heterocycles. The number of amides is 1. The highest BCUT2D eigenvalue weighted by molar-refractivity contribution is 8.18. The van der Waals surface area contributed by atoms with Gasteiger partial charge in [-0.15, -0.1) is 6.58 Å². The molecule has 5 rings (SSSR count). The molecule has 1 aliphatic rings. The molecule has 0 atom stereocenters. The third-order valence-electron chi connectivity index (χ3n) is 5.91. The molecule has 4 aromatic rings. The summed E-state index contributed by atoms with van der Waals surface area (Å²) in [7, 11) is 0. The molecule has 0 unspecified atom stereocenters. The summed E-state index contributed by atoms with van der Waals surface area (Å²) in [5.41, 5.74) is 2.05. The van der Waals surface area contributed by atoms with Gasteiger partial charge in [0, 0.05) is 29.6 Å². The minimum absolute atomic E-state index is 0.0908. The van der Waals surface area contributed by atoms with Crippen LogP contribution in [0.4, 0.5) is 11.4 Å². The van der Waals surface area contributed by atoms with Gasteiger partial charge in [0.25, 0.3) is 11.6 Å². The fourth-order valence-electron chi connectivity index (χ4n) is 4.06. The zero-order valence-corrected chi connectivity index (χ0v) is 21.1. The summed E-state index contributed by atoms with van der Waals surface area (Å²) in [6.45, 7) is 4.35. The van der Waals surface area contributed by atoms with E-state index < -0.39 is 4.92 Å². The van der Waals surface area contributed by atoms with Crippen LogP contribution in [-0.2, 0) is 11.4 Å². The summed E-state index contributed by atoms with van der Waals surface area (Å²) in [6, 6.07) is 27.7. The lowest BCUT2D eigenvalue weighted by molar-refractivity contribution is -0.384. The van der Waals surface area contributed by atoms with Crippen molar-refractivity contribution in [1.82, 2.24) is 4.90 Å². The molecule has 1 fully saturated rings. The number of nitro benzene ring substituents is 1. The van der Waals surface area contributed by atoms with Gasteiger partial charge in [-0.25, -0.2) is 4.99 Å². The fourth-order valence-corrected chi connectivity index (χ4v) is 5.05. The van der Waals surface area contributed by atoms with Crippen LogP contribution in [0.5, 0.6) is 5.75 Å². The first kappa shape index (κ1) is 25.0. The van der Waals surface area contributed by atoms with Crippen molar-refractivity contribution in [1.29, 1.82) is 0 Å². The number of aliphatic imine (C=N–C) groups is 1. The molecule has 188 valence electrons. The average Bonchev–Trinajstić information content (AvgIpc) is 3.22. The van der Waals surface area contributed by atoms with Gasteiger partial charge in [-0.3, -0.25) is 19.8 Å². The van der Waals surface area contributed by atoms with Gasteiger partial charge in [-0.2, -0.15) is 0 Å². The molecule has 0 N–H and O–H groups in total. The zero-order valence-electron chi connectivity index (χ0n) is 20.3. The maximum atomic E-state index is 13.4. The van der Waals surface area contributed by atoms with Crippen molar-refractivity contribution in [2.45, 2.75) is 6.61 Å². The van der Waals surface area contributed by atoms with Crippen LogP contribution < -0.4 is 4.74 Å². The summed E-state index contributed by atoms with van der Waals surface area (Å²) >= 11 is 1.22. The smallest absolute Gasteiger partial charge is 0.270 e. The number of hydrogen-bond acceptors (Lipinski definition) is 6. The fraction of sp³-hybridized carbons (Fsp3) is 0.0667. The Morgan fingerprint density at radius 3 is 2.55 bits per heavy atom. The molecule has 1 saturated heterocycles. The van der Waals surface area contributed by atoms with E-state index in [2.05, 4.69) is 6.58 Å². The van der Waals surface area contributed by atoms with Gasteiger partial charge in [0.15, 0.2) is 5.17 Å². The Labute approximate surface area is 223 Å². The van der Waals surface area contributed by atoms with Crippen molar-refractivity contribution in [2.75, 3.05) is 6.54 Å². The minimum Gasteiger partial charge on any atom is -0.488 e. The standard InChI is InChI=1S/C30H23N3O4S/c1-2-17-32-29(34)28(38-30(32)31-26-14-8-12-22-11-6-7-13-25(22)26)19-23-18-24(33(35)36)15-16-27(23)37-20-21-9-4-3-5-10-21/h2-16,18-19H,1,17,20H2/b28-19-,31-30?. The van der Waals surface area contributed by atoms with Crippen LogP contribution in [-0.4, -0.2) is 27.4 Å². The Balaban J connectivity index is 1.52. The largest absolute Gasteiger partial charge is 0.488 e. The lowest BCUT2D eigenvalue weighted by Crippen LogP contribution is -2.29. The number of hydrogen-bond donors (Lipinski definition) is 0. The minimum atomic E-state index is -0.468. The topological polar surface area (TPSA) is 85.0 Å². The lowest BCUT2D eigenvalue weighted by atomic mass is 10.1. The van der Waals surface area contributed by atoms with E-state index >= 15 is 0 Å². The zero-order chi connectivity index (χ0) is 26.5. The third kappa shape index (κ3) is 5.35. The van der Waals surface area contributed by atoms with E-state index in [9.17, 15) is 14.9 Å². The number of benzene rings is 4. The number of ether oxygens (including phenoxy) is 1. The predicted octanol–water partition coefficient (Wildman–Crippen LogP) is 7.12. The highest BCUT2D eigenvalue weighted by Gasteiger charge is 2.33. The summed E-state index contributed by atoms with van der Waals surface area (Å²) in [4.78, 5) is 31.2. The van der Waals surface area contributed by atoms with Crippen LogP contribution in [0.3, 0.4) is 0 Å². The van der Waals surface area contributed by atoms with Crippen molar-refractivity contribution in [2.24, 2.45) is 4.99 Å². The highest BCUT2D eigenvalue weighted by Crippen LogP contribution is 2.37. The molecule has 0 aliphatic carbocycles. The van der Waals surface area contributed by atoms with Crippen molar-refractivity contribution in [3.8, 4) is 5.75 Å². The first-order valence-electron chi connectivity index (χ1n) is 11.9. The molecular formula is C30H23N3O4S. The average molecular weight is 522 g/mol. The predicted molar refractivity (Wildman–Crippen MR) is 152 cm³/mol. The number of fused-ring (bicyclic) bond motifs is 1. The number of nitro groups is 1. The second-order valence-corrected chi connectivity index (χ2v) is 9.47.